The summed E-state index contributed by atoms with van der Waals surface area (Å²) in [5.74, 6) is 1.42. The van der Waals surface area contributed by atoms with E-state index in [1.165, 1.54) is 24.8 Å². The molecule has 0 saturated heterocycles. The van der Waals surface area contributed by atoms with E-state index in [-0.39, 0.29) is 0 Å². The maximum Gasteiger partial charge on any atom is 0.123 e. The van der Waals surface area contributed by atoms with Crippen LogP contribution in [0.1, 0.15) is 36.4 Å². The average Bonchev–Trinajstić information content (AvgIpc) is 1.79. The monoisotopic (exact) mass is 162 g/mol. The van der Waals surface area contributed by atoms with Crippen molar-refractivity contribution in [2.75, 3.05) is 5.73 Å². The molecule has 1 fully saturated rings. The molecule has 0 bridgehead atoms. The lowest BCUT2D eigenvalue weighted by Crippen LogP contribution is -2.09. The lowest BCUT2D eigenvalue weighted by Gasteiger charge is -2.26. The van der Waals surface area contributed by atoms with Crippen LogP contribution in [0, 0.1) is 6.92 Å². The van der Waals surface area contributed by atoms with Gasteiger partial charge in [-0.3, -0.25) is 0 Å². The third-order valence-electron chi connectivity index (χ3n) is 2.57. The predicted molar refractivity (Wildman–Crippen MR) is 50.0 cm³/mol. The van der Waals surface area contributed by atoms with Crippen molar-refractivity contribution in [3.8, 4) is 0 Å². The molecule has 64 valence electrons. The Morgan fingerprint density at radius 1 is 1.42 bits per heavy atom. The van der Waals surface area contributed by atoms with Gasteiger partial charge >= 0.3 is 0 Å². The number of nitrogens with two attached hydrogens (primary N) is 1. The van der Waals surface area contributed by atoms with Crippen LogP contribution in [0.25, 0.3) is 0 Å². The van der Waals surface area contributed by atoms with E-state index in [9.17, 15) is 0 Å². The first-order valence-corrected chi connectivity index (χ1v) is 4.50. The molecule has 0 aromatic carbocycles. The minimum atomic E-state index is 0.664. The van der Waals surface area contributed by atoms with Gasteiger partial charge in [0.15, 0.2) is 0 Å². The number of nitrogens with zero attached hydrogens (tertiary/aromatic N) is 1. The van der Waals surface area contributed by atoms with Gasteiger partial charge in [0.25, 0.3) is 0 Å². The minimum absolute atomic E-state index is 0.664. The molecule has 2 N–H and O–H groups in total. The van der Waals surface area contributed by atoms with E-state index in [1.54, 1.807) is 0 Å². The van der Waals surface area contributed by atoms with Crippen molar-refractivity contribution in [1.82, 2.24) is 4.98 Å². The first-order chi connectivity index (χ1) is 5.75. The molecule has 1 aliphatic carbocycles. The van der Waals surface area contributed by atoms with Gasteiger partial charge in [-0.25, -0.2) is 4.98 Å². The van der Waals surface area contributed by atoms with Crippen molar-refractivity contribution < 1.29 is 0 Å². The van der Waals surface area contributed by atoms with Crippen molar-refractivity contribution >= 4 is 5.82 Å². The Balaban J connectivity index is 2.30. The maximum absolute atomic E-state index is 5.66. The quantitative estimate of drug-likeness (QED) is 0.687. The van der Waals surface area contributed by atoms with Gasteiger partial charge in [0.1, 0.15) is 5.82 Å². The minimum Gasteiger partial charge on any atom is -0.384 e. The average molecular weight is 162 g/mol. The van der Waals surface area contributed by atoms with Gasteiger partial charge in [0.05, 0.1) is 0 Å². The Kier molecular flexibility index (Phi) is 1.75. The summed E-state index contributed by atoms with van der Waals surface area (Å²) in [5.41, 5.74) is 8.08. The molecule has 0 amide bonds. The summed E-state index contributed by atoms with van der Waals surface area (Å²) in [6, 6.07) is 4.16. The summed E-state index contributed by atoms with van der Waals surface area (Å²) in [7, 11) is 0. The molecule has 1 aromatic heterocycles. The number of pyridine rings is 1. The molecule has 1 aromatic rings. The standard InChI is InChI=1S/C10H14N2/c1-7-5-9(6-10(11)12-7)8-3-2-4-8/h5-6,8H,2-4H2,1H3,(H2,11,12). The van der Waals surface area contributed by atoms with Gasteiger partial charge in [-0.2, -0.15) is 0 Å². The van der Waals surface area contributed by atoms with Gasteiger partial charge in [0.2, 0.25) is 0 Å². The molecule has 1 saturated carbocycles. The topological polar surface area (TPSA) is 38.9 Å². The van der Waals surface area contributed by atoms with E-state index in [4.69, 9.17) is 5.73 Å². The lowest BCUT2D eigenvalue weighted by molar-refractivity contribution is 0.419. The van der Waals surface area contributed by atoms with Gasteiger partial charge < -0.3 is 5.73 Å². The van der Waals surface area contributed by atoms with E-state index in [0.717, 1.165) is 11.6 Å². The number of hydrogen-bond acceptors (Lipinski definition) is 2. The second-order valence-corrected chi connectivity index (χ2v) is 3.59. The van der Waals surface area contributed by atoms with Crippen molar-refractivity contribution in [3.05, 3.63) is 23.4 Å². The molecule has 0 spiro atoms. The molecule has 12 heavy (non-hydrogen) atoms. The van der Waals surface area contributed by atoms with E-state index >= 15 is 0 Å². The van der Waals surface area contributed by atoms with Gasteiger partial charge in [-0.1, -0.05) is 6.42 Å². The van der Waals surface area contributed by atoms with Crippen LogP contribution in [0.3, 0.4) is 0 Å². The first kappa shape index (κ1) is 7.59. The van der Waals surface area contributed by atoms with Crippen LogP contribution in [0.4, 0.5) is 5.82 Å². The Hall–Kier alpha value is -1.05. The molecular weight excluding hydrogens is 148 g/mol. The number of rotatable bonds is 1. The van der Waals surface area contributed by atoms with Gasteiger partial charge in [-0.05, 0) is 43.4 Å². The van der Waals surface area contributed by atoms with Crippen LogP contribution in [0.15, 0.2) is 12.1 Å². The Bertz CT molecular complexity index is 270. The smallest absolute Gasteiger partial charge is 0.123 e. The highest BCUT2D eigenvalue weighted by molar-refractivity contribution is 5.37. The molecule has 2 nitrogen and oxygen atoms in total. The molecule has 2 rings (SSSR count). The van der Waals surface area contributed by atoms with Crippen molar-refractivity contribution in [2.24, 2.45) is 0 Å². The Morgan fingerprint density at radius 2 is 2.17 bits per heavy atom. The van der Waals surface area contributed by atoms with Crippen LogP contribution >= 0.6 is 0 Å². The van der Waals surface area contributed by atoms with Crippen molar-refractivity contribution in [1.29, 1.82) is 0 Å². The summed E-state index contributed by atoms with van der Waals surface area (Å²) in [6.07, 6.45) is 4.01. The van der Waals surface area contributed by atoms with Crippen molar-refractivity contribution in [3.63, 3.8) is 0 Å². The summed E-state index contributed by atoms with van der Waals surface area (Å²) < 4.78 is 0. The second-order valence-electron chi connectivity index (χ2n) is 3.59. The summed E-state index contributed by atoms with van der Waals surface area (Å²) in [5, 5.41) is 0. The summed E-state index contributed by atoms with van der Waals surface area (Å²) in [4.78, 5) is 4.15. The maximum atomic E-state index is 5.66. The molecule has 0 radical (unpaired) electrons. The Morgan fingerprint density at radius 3 is 2.67 bits per heavy atom. The Labute approximate surface area is 72.8 Å². The first-order valence-electron chi connectivity index (χ1n) is 4.50. The fourth-order valence-corrected chi connectivity index (χ4v) is 1.70. The van der Waals surface area contributed by atoms with E-state index < -0.39 is 0 Å². The lowest BCUT2D eigenvalue weighted by atomic mass is 9.80. The van der Waals surface area contributed by atoms with Gasteiger partial charge in [-0.15, -0.1) is 0 Å². The molecule has 0 atom stereocenters. The van der Waals surface area contributed by atoms with Crippen LogP contribution in [-0.4, -0.2) is 4.98 Å². The number of anilines is 1. The SMILES string of the molecule is Cc1cc(C2CCC2)cc(N)n1. The summed E-state index contributed by atoms with van der Waals surface area (Å²) >= 11 is 0. The van der Waals surface area contributed by atoms with E-state index in [2.05, 4.69) is 11.1 Å². The molecule has 1 heterocycles. The van der Waals surface area contributed by atoms with Crippen LogP contribution in [0.5, 0.6) is 0 Å². The summed E-state index contributed by atoms with van der Waals surface area (Å²) in [6.45, 7) is 2.00. The zero-order chi connectivity index (χ0) is 8.55. The fourth-order valence-electron chi connectivity index (χ4n) is 1.70. The highest BCUT2D eigenvalue weighted by Crippen LogP contribution is 2.36. The highest BCUT2D eigenvalue weighted by Gasteiger charge is 2.19. The number of aromatic nitrogens is 1. The van der Waals surface area contributed by atoms with Crippen molar-refractivity contribution in [2.45, 2.75) is 32.1 Å². The van der Waals surface area contributed by atoms with E-state index in [1.807, 2.05) is 13.0 Å². The normalized spacial score (nSPS) is 17.4. The number of aryl methyl sites for hydroxylation is 1. The zero-order valence-corrected chi connectivity index (χ0v) is 7.38. The van der Waals surface area contributed by atoms with Crippen LogP contribution < -0.4 is 5.73 Å². The van der Waals surface area contributed by atoms with Crippen LogP contribution in [-0.2, 0) is 0 Å². The van der Waals surface area contributed by atoms with Crippen LogP contribution in [0.2, 0.25) is 0 Å². The molecule has 1 aliphatic rings. The number of hydrogen-bond donors (Lipinski definition) is 1. The molecule has 2 heteroatoms. The third-order valence-corrected chi connectivity index (χ3v) is 2.57. The second kappa shape index (κ2) is 2.77. The highest BCUT2D eigenvalue weighted by atomic mass is 14.8. The predicted octanol–water partition coefficient (Wildman–Crippen LogP) is 2.24. The van der Waals surface area contributed by atoms with Gasteiger partial charge in [0, 0.05) is 5.69 Å². The third kappa shape index (κ3) is 1.29. The number of nitrogen functional groups attached to an aromatic ring is 1. The molecular formula is C10H14N2. The van der Waals surface area contributed by atoms with E-state index in [0.29, 0.717) is 5.82 Å². The zero-order valence-electron chi connectivity index (χ0n) is 7.38. The largest absolute Gasteiger partial charge is 0.384 e. The molecule has 0 aliphatic heterocycles. The fraction of sp³-hybridized carbons (Fsp3) is 0.500. The molecule has 0 unspecified atom stereocenters.